The standard InChI is InChI=1S/C7H14/c1-4-6-7(3)5-2/h5H,4,6H2,1-3H3. The van der Waals surface area contributed by atoms with Crippen LogP contribution in [0.25, 0.3) is 0 Å². The molecular weight excluding hydrogens is 84.1 g/mol. The molecule has 0 amide bonds. The van der Waals surface area contributed by atoms with Gasteiger partial charge in [-0.15, -0.1) is 0 Å². The topological polar surface area (TPSA) is 0 Å². The van der Waals surface area contributed by atoms with Crippen LogP contribution in [-0.4, -0.2) is 0 Å². The van der Waals surface area contributed by atoms with Gasteiger partial charge in [0.05, 0.1) is 0 Å². The largest absolute Gasteiger partial charge is 0.0887 e. The molecule has 0 atom stereocenters. The zero-order chi connectivity index (χ0) is 5.70. The molecule has 0 radical (unpaired) electrons. The molecule has 0 saturated carbocycles. The predicted octanol–water partition coefficient (Wildman–Crippen LogP) is 2.75. The second-order valence-electron chi connectivity index (χ2n) is 1.89. The maximum absolute atomic E-state index is 2.20. The molecule has 0 aromatic rings. The fourth-order valence-electron chi connectivity index (χ4n) is 0.539. The Kier molecular flexibility index (Phi) is 3.77. The molecule has 0 nitrogen and oxygen atoms in total. The lowest BCUT2D eigenvalue weighted by atomic mass is 10.2. The lowest BCUT2D eigenvalue weighted by Crippen LogP contribution is -1.70. The predicted molar refractivity (Wildman–Crippen MR) is 34.3 cm³/mol. The monoisotopic (exact) mass is 98.1 g/mol. The van der Waals surface area contributed by atoms with Crippen LogP contribution >= 0.6 is 0 Å². The average Bonchev–Trinajstić information content (AvgIpc) is 1.68. The summed E-state index contributed by atoms with van der Waals surface area (Å²) < 4.78 is 0. The Hall–Kier alpha value is -0.260. The Balaban J connectivity index is 3.17. The van der Waals surface area contributed by atoms with E-state index in [0.29, 0.717) is 0 Å². The molecule has 0 unspecified atom stereocenters. The van der Waals surface area contributed by atoms with Crippen LogP contribution in [0.3, 0.4) is 0 Å². The molecular formula is C7H14. The van der Waals surface area contributed by atoms with Crippen molar-refractivity contribution < 1.29 is 0 Å². The van der Waals surface area contributed by atoms with E-state index in [2.05, 4.69) is 26.8 Å². The van der Waals surface area contributed by atoms with Gasteiger partial charge in [0, 0.05) is 0 Å². The molecule has 0 aliphatic carbocycles. The summed E-state index contributed by atoms with van der Waals surface area (Å²) >= 11 is 0. The summed E-state index contributed by atoms with van der Waals surface area (Å²) in [5, 5.41) is 0. The van der Waals surface area contributed by atoms with Gasteiger partial charge in [0.1, 0.15) is 0 Å². The van der Waals surface area contributed by atoms with E-state index in [1.54, 1.807) is 0 Å². The first kappa shape index (κ1) is 6.74. The zero-order valence-corrected chi connectivity index (χ0v) is 5.49. The van der Waals surface area contributed by atoms with E-state index in [1.807, 2.05) is 0 Å². The fraction of sp³-hybridized carbons (Fsp3) is 0.714. The molecule has 0 aliphatic heterocycles. The van der Waals surface area contributed by atoms with Crippen LogP contribution in [0, 0.1) is 0 Å². The molecule has 0 saturated heterocycles. The third kappa shape index (κ3) is 3.57. The summed E-state index contributed by atoms with van der Waals surface area (Å²) in [7, 11) is 0. The highest BCUT2D eigenvalue weighted by Gasteiger charge is 1.79. The van der Waals surface area contributed by atoms with E-state index in [0.717, 1.165) is 0 Å². The normalized spacial score (nSPS) is 12.1. The van der Waals surface area contributed by atoms with E-state index >= 15 is 0 Å². The summed E-state index contributed by atoms with van der Waals surface area (Å²) in [4.78, 5) is 0. The van der Waals surface area contributed by atoms with Crippen molar-refractivity contribution in [1.82, 2.24) is 0 Å². The van der Waals surface area contributed by atoms with Gasteiger partial charge < -0.3 is 0 Å². The Morgan fingerprint density at radius 2 is 2.14 bits per heavy atom. The van der Waals surface area contributed by atoms with Gasteiger partial charge in [0.15, 0.2) is 0 Å². The third-order valence-corrected chi connectivity index (χ3v) is 1.14. The van der Waals surface area contributed by atoms with Crippen molar-refractivity contribution in [2.24, 2.45) is 0 Å². The quantitative estimate of drug-likeness (QED) is 0.466. The van der Waals surface area contributed by atoms with Crippen molar-refractivity contribution in [3.05, 3.63) is 11.6 Å². The highest BCUT2D eigenvalue weighted by Crippen LogP contribution is 2.00. The third-order valence-electron chi connectivity index (χ3n) is 1.14. The molecule has 0 rings (SSSR count). The Morgan fingerprint density at radius 1 is 1.57 bits per heavy atom. The molecule has 0 aromatic carbocycles. The molecule has 0 spiro atoms. The van der Waals surface area contributed by atoms with Gasteiger partial charge in [0.2, 0.25) is 0 Å². The smallest absolute Gasteiger partial charge is 0.0326 e. The van der Waals surface area contributed by atoms with Crippen LogP contribution in [0.1, 0.15) is 33.6 Å². The van der Waals surface area contributed by atoms with Crippen LogP contribution < -0.4 is 0 Å². The number of hydrogen-bond donors (Lipinski definition) is 0. The molecule has 42 valence electrons. The number of hydrogen-bond acceptors (Lipinski definition) is 0. The summed E-state index contributed by atoms with van der Waals surface area (Å²) in [6.45, 7) is 6.46. The van der Waals surface area contributed by atoms with Crippen LogP contribution in [-0.2, 0) is 0 Å². The Morgan fingerprint density at radius 3 is 2.29 bits per heavy atom. The second kappa shape index (κ2) is 3.91. The van der Waals surface area contributed by atoms with Crippen molar-refractivity contribution in [2.75, 3.05) is 0 Å². The SMILES string of the molecule is CC=C(C)CCC. The van der Waals surface area contributed by atoms with Gasteiger partial charge in [-0.2, -0.15) is 0 Å². The van der Waals surface area contributed by atoms with Gasteiger partial charge in [-0.1, -0.05) is 25.0 Å². The van der Waals surface area contributed by atoms with Gasteiger partial charge in [0.25, 0.3) is 0 Å². The van der Waals surface area contributed by atoms with Crippen molar-refractivity contribution in [2.45, 2.75) is 33.6 Å². The first-order chi connectivity index (χ1) is 3.31. The minimum absolute atomic E-state index is 1.26. The zero-order valence-electron chi connectivity index (χ0n) is 5.49. The second-order valence-corrected chi connectivity index (χ2v) is 1.89. The summed E-state index contributed by atoms with van der Waals surface area (Å²) in [6, 6.07) is 0. The number of allylic oxidation sites excluding steroid dienone is 2. The molecule has 0 heteroatoms. The van der Waals surface area contributed by atoms with Gasteiger partial charge in [-0.05, 0) is 20.3 Å². The van der Waals surface area contributed by atoms with Crippen LogP contribution in [0.4, 0.5) is 0 Å². The number of rotatable bonds is 2. The molecule has 0 aliphatic rings. The van der Waals surface area contributed by atoms with Crippen molar-refractivity contribution in [3.8, 4) is 0 Å². The van der Waals surface area contributed by atoms with Crippen molar-refractivity contribution >= 4 is 0 Å². The Labute approximate surface area is 46.2 Å². The van der Waals surface area contributed by atoms with Crippen LogP contribution in [0.15, 0.2) is 11.6 Å². The molecule has 0 N–H and O–H groups in total. The molecule has 0 bridgehead atoms. The van der Waals surface area contributed by atoms with E-state index in [-0.39, 0.29) is 0 Å². The summed E-state index contributed by atoms with van der Waals surface area (Å²) in [5.74, 6) is 0. The lowest BCUT2D eigenvalue weighted by molar-refractivity contribution is 0.903. The van der Waals surface area contributed by atoms with Crippen LogP contribution in [0.5, 0.6) is 0 Å². The minimum Gasteiger partial charge on any atom is -0.0887 e. The van der Waals surface area contributed by atoms with E-state index in [4.69, 9.17) is 0 Å². The van der Waals surface area contributed by atoms with Crippen LogP contribution in [0.2, 0.25) is 0 Å². The first-order valence-corrected chi connectivity index (χ1v) is 2.93. The van der Waals surface area contributed by atoms with E-state index in [9.17, 15) is 0 Å². The Bertz CT molecular complexity index is 60.4. The lowest BCUT2D eigenvalue weighted by Gasteiger charge is -1.91. The highest BCUT2D eigenvalue weighted by atomic mass is 13.9. The molecule has 0 aromatic heterocycles. The van der Waals surface area contributed by atoms with Gasteiger partial charge in [-0.3, -0.25) is 0 Å². The molecule has 0 fully saturated rings. The maximum atomic E-state index is 2.20. The highest BCUT2D eigenvalue weighted by molar-refractivity contribution is 4.94. The molecule has 0 heterocycles. The summed E-state index contributed by atoms with van der Waals surface area (Å²) in [5.41, 5.74) is 1.50. The van der Waals surface area contributed by atoms with Crippen molar-refractivity contribution in [1.29, 1.82) is 0 Å². The minimum atomic E-state index is 1.26. The van der Waals surface area contributed by atoms with Crippen molar-refractivity contribution in [3.63, 3.8) is 0 Å². The van der Waals surface area contributed by atoms with E-state index in [1.165, 1.54) is 18.4 Å². The summed E-state index contributed by atoms with van der Waals surface area (Å²) in [6.07, 6.45) is 4.70. The fourth-order valence-corrected chi connectivity index (χ4v) is 0.539. The van der Waals surface area contributed by atoms with Gasteiger partial charge >= 0.3 is 0 Å². The first-order valence-electron chi connectivity index (χ1n) is 2.93. The van der Waals surface area contributed by atoms with Gasteiger partial charge in [-0.25, -0.2) is 0 Å². The molecule has 7 heavy (non-hydrogen) atoms. The maximum Gasteiger partial charge on any atom is -0.0326 e. The van der Waals surface area contributed by atoms with E-state index < -0.39 is 0 Å². The average molecular weight is 98.2 g/mol.